The van der Waals surface area contributed by atoms with Crippen LogP contribution in [0.2, 0.25) is 0 Å². The van der Waals surface area contributed by atoms with E-state index in [9.17, 15) is 13.2 Å². The molecule has 8 heteroatoms. The van der Waals surface area contributed by atoms with E-state index in [1.807, 2.05) is 0 Å². The van der Waals surface area contributed by atoms with Gasteiger partial charge in [-0.1, -0.05) is 0 Å². The molecule has 3 rings (SSSR count). The van der Waals surface area contributed by atoms with Crippen LogP contribution < -0.4 is 5.73 Å². The lowest BCUT2D eigenvalue weighted by Crippen LogP contribution is -2.41. The average molecular weight is 275 g/mol. The van der Waals surface area contributed by atoms with E-state index < -0.39 is 12.0 Å². The molecule has 0 saturated heterocycles. The van der Waals surface area contributed by atoms with Gasteiger partial charge in [0.05, 0.1) is 6.54 Å². The Balaban J connectivity index is 1.77. The number of nitrogens with zero attached hydrogens (tertiary/aromatic N) is 4. The van der Waals surface area contributed by atoms with Crippen molar-refractivity contribution in [3.05, 3.63) is 11.6 Å². The summed E-state index contributed by atoms with van der Waals surface area (Å²) >= 11 is 0. The molecule has 1 aliphatic heterocycles. The van der Waals surface area contributed by atoms with Gasteiger partial charge in [-0.15, -0.1) is 10.2 Å². The molecule has 0 spiro atoms. The third-order valence-corrected chi connectivity index (χ3v) is 4.00. The third kappa shape index (κ3) is 2.34. The van der Waals surface area contributed by atoms with E-state index in [0.717, 1.165) is 19.3 Å². The predicted molar refractivity (Wildman–Crippen MR) is 61.0 cm³/mol. The summed E-state index contributed by atoms with van der Waals surface area (Å²) in [4.78, 5) is 2.18. The maximum Gasteiger partial charge on any atom is 0.451 e. The van der Waals surface area contributed by atoms with Crippen molar-refractivity contribution in [1.29, 1.82) is 0 Å². The maximum absolute atomic E-state index is 12.7. The molecule has 2 atom stereocenters. The van der Waals surface area contributed by atoms with Crippen LogP contribution >= 0.6 is 0 Å². The fraction of sp³-hybridized carbons (Fsp3) is 0.818. The minimum absolute atomic E-state index is 0.218. The van der Waals surface area contributed by atoms with Gasteiger partial charge in [0, 0.05) is 25.2 Å². The van der Waals surface area contributed by atoms with Crippen LogP contribution in [-0.2, 0) is 19.3 Å². The zero-order valence-corrected chi connectivity index (χ0v) is 10.4. The first kappa shape index (κ1) is 12.9. The molecule has 0 amide bonds. The Kier molecular flexibility index (Phi) is 3.01. The zero-order valence-electron chi connectivity index (χ0n) is 10.4. The molecule has 1 saturated carbocycles. The number of aromatic nitrogens is 3. The Morgan fingerprint density at radius 3 is 2.58 bits per heavy atom. The molecular formula is C11H16F3N5. The van der Waals surface area contributed by atoms with Crippen LogP contribution in [0.15, 0.2) is 0 Å². The third-order valence-electron chi connectivity index (χ3n) is 4.00. The van der Waals surface area contributed by atoms with Crippen molar-refractivity contribution >= 4 is 0 Å². The number of halogens is 3. The van der Waals surface area contributed by atoms with Gasteiger partial charge in [-0.2, -0.15) is 13.2 Å². The number of alkyl halides is 3. The largest absolute Gasteiger partial charge is 0.451 e. The topological polar surface area (TPSA) is 60.0 Å². The van der Waals surface area contributed by atoms with Crippen LogP contribution in [0.4, 0.5) is 13.2 Å². The number of hydrogen-bond acceptors (Lipinski definition) is 4. The smallest absolute Gasteiger partial charge is 0.328 e. The normalized spacial score (nSPS) is 28.6. The van der Waals surface area contributed by atoms with Crippen molar-refractivity contribution in [2.45, 2.75) is 50.6 Å². The van der Waals surface area contributed by atoms with Gasteiger partial charge < -0.3 is 10.3 Å². The summed E-state index contributed by atoms with van der Waals surface area (Å²) in [5, 5.41) is 6.97. The minimum Gasteiger partial charge on any atom is -0.328 e. The number of fused-ring (bicyclic) bond motifs is 1. The van der Waals surface area contributed by atoms with Gasteiger partial charge in [0.25, 0.3) is 0 Å². The van der Waals surface area contributed by atoms with E-state index in [2.05, 4.69) is 15.1 Å². The Hall–Kier alpha value is -1.15. The van der Waals surface area contributed by atoms with Crippen molar-refractivity contribution < 1.29 is 13.2 Å². The second kappa shape index (κ2) is 4.45. The molecule has 5 nitrogen and oxygen atoms in total. The summed E-state index contributed by atoms with van der Waals surface area (Å²) in [7, 11) is 0. The summed E-state index contributed by atoms with van der Waals surface area (Å²) in [6.45, 7) is 1.33. The van der Waals surface area contributed by atoms with Crippen LogP contribution in [0.25, 0.3) is 0 Å². The summed E-state index contributed by atoms with van der Waals surface area (Å²) in [6, 6.07) is 0.588. The van der Waals surface area contributed by atoms with E-state index >= 15 is 0 Å². The first-order valence-corrected chi connectivity index (χ1v) is 6.44. The fourth-order valence-electron chi connectivity index (χ4n) is 3.02. The molecule has 2 heterocycles. The van der Waals surface area contributed by atoms with Crippen molar-refractivity contribution in [2.75, 3.05) is 6.54 Å². The molecule has 1 aliphatic carbocycles. The van der Waals surface area contributed by atoms with Crippen LogP contribution in [0.5, 0.6) is 0 Å². The SMILES string of the molecule is NC1CCC(N2CCn3c(nnc3C(F)(F)F)C2)C1. The van der Waals surface area contributed by atoms with E-state index in [-0.39, 0.29) is 6.04 Å². The van der Waals surface area contributed by atoms with Gasteiger partial charge in [0.15, 0.2) is 0 Å². The highest BCUT2D eigenvalue weighted by Gasteiger charge is 2.40. The highest BCUT2D eigenvalue weighted by Crippen LogP contribution is 2.31. The van der Waals surface area contributed by atoms with Gasteiger partial charge in [-0.3, -0.25) is 4.90 Å². The predicted octanol–water partition coefficient (Wildman–Crippen LogP) is 0.992. The second-order valence-electron chi connectivity index (χ2n) is 5.29. The molecule has 0 radical (unpaired) electrons. The van der Waals surface area contributed by atoms with Crippen molar-refractivity contribution in [2.24, 2.45) is 5.73 Å². The van der Waals surface area contributed by atoms with Crippen molar-refractivity contribution in [3.63, 3.8) is 0 Å². The maximum atomic E-state index is 12.7. The molecule has 19 heavy (non-hydrogen) atoms. The lowest BCUT2D eigenvalue weighted by Gasteiger charge is -2.32. The monoisotopic (exact) mass is 275 g/mol. The minimum atomic E-state index is -4.43. The van der Waals surface area contributed by atoms with Gasteiger partial charge in [-0.05, 0) is 19.3 Å². The van der Waals surface area contributed by atoms with Crippen LogP contribution in [0.3, 0.4) is 0 Å². The molecule has 1 aromatic heterocycles. The van der Waals surface area contributed by atoms with Crippen molar-refractivity contribution in [3.8, 4) is 0 Å². The Labute approximate surface area is 108 Å². The first-order chi connectivity index (χ1) is 8.95. The summed E-state index contributed by atoms with van der Waals surface area (Å²) in [5.74, 6) is -0.482. The molecule has 106 valence electrons. The number of hydrogen-bond donors (Lipinski definition) is 1. The lowest BCUT2D eigenvalue weighted by molar-refractivity contribution is -0.148. The standard InChI is InChI=1S/C11H16F3N5/c12-11(13,14)10-17-16-9-6-18(3-4-19(9)10)8-2-1-7(15)5-8/h7-8H,1-6,15H2. The highest BCUT2D eigenvalue weighted by molar-refractivity contribution is 5.03. The van der Waals surface area contributed by atoms with Gasteiger partial charge >= 0.3 is 6.18 Å². The fourth-order valence-corrected chi connectivity index (χ4v) is 3.02. The van der Waals surface area contributed by atoms with E-state index in [1.165, 1.54) is 4.57 Å². The second-order valence-corrected chi connectivity index (χ2v) is 5.29. The Morgan fingerprint density at radius 2 is 1.95 bits per heavy atom. The molecule has 0 aromatic carbocycles. The summed E-state index contributed by atoms with van der Waals surface area (Å²) in [6.07, 6.45) is -1.51. The van der Waals surface area contributed by atoms with Gasteiger partial charge in [-0.25, -0.2) is 0 Å². The first-order valence-electron chi connectivity index (χ1n) is 6.44. The zero-order chi connectivity index (χ0) is 13.6. The molecular weight excluding hydrogens is 259 g/mol. The summed E-state index contributed by atoms with van der Waals surface area (Å²) in [5.41, 5.74) is 5.88. The van der Waals surface area contributed by atoms with E-state index in [0.29, 0.717) is 31.5 Å². The van der Waals surface area contributed by atoms with E-state index in [4.69, 9.17) is 5.73 Å². The quantitative estimate of drug-likeness (QED) is 0.830. The average Bonchev–Trinajstić information content (AvgIpc) is 2.92. The Morgan fingerprint density at radius 1 is 1.16 bits per heavy atom. The van der Waals surface area contributed by atoms with Crippen LogP contribution in [0, 0.1) is 0 Å². The molecule has 2 N–H and O–H groups in total. The molecule has 1 fully saturated rings. The number of rotatable bonds is 1. The number of nitrogens with two attached hydrogens (primary N) is 1. The molecule has 0 bridgehead atoms. The van der Waals surface area contributed by atoms with Crippen LogP contribution in [-0.4, -0.2) is 38.3 Å². The molecule has 2 aliphatic rings. The summed E-state index contributed by atoms with van der Waals surface area (Å²) < 4.78 is 39.3. The van der Waals surface area contributed by atoms with Gasteiger partial charge in [0.1, 0.15) is 5.82 Å². The Bertz CT molecular complexity index is 469. The highest BCUT2D eigenvalue weighted by atomic mass is 19.4. The molecule has 1 aromatic rings. The van der Waals surface area contributed by atoms with Crippen LogP contribution in [0.1, 0.15) is 30.9 Å². The lowest BCUT2D eigenvalue weighted by atomic mass is 10.2. The van der Waals surface area contributed by atoms with Gasteiger partial charge in [0.2, 0.25) is 5.82 Å². The molecule has 2 unspecified atom stereocenters. The van der Waals surface area contributed by atoms with Crippen molar-refractivity contribution in [1.82, 2.24) is 19.7 Å². The van der Waals surface area contributed by atoms with E-state index in [1.54, 1.807) is 0 Å².